The topological polar surface area (TPSA) is 127 Å². The molecule has 258 valence electrons. The zero-order valence-electron chi connectivity index (χ0n) is 28.9. The second-order valence-corrected chi connectivity index (χ2v) is 10.5. The molecule has 0 amide bonds. The number of para-hydroxylation sites is 4. The number of benzene rings is 3. The predicted octanol–water partition coefficient (Wildman–Crippen LogP) is 9.10. The number of hydrogen-bond donors (Lipinski definition) is 3. The van der Waals surface area contributed by atoms with E-state index in [4.69, 9.17) is 19.3 Å². The van der Waals surface area contributed by atoms with Gasteiger partial charge in [0.2, 0.25) is 0 Å². The molecule has 1 aromatic heterocycles. The second kappa shape index (κ2) is 26.7. The highest BCUT2D eigenvalue weighted by Gasteiger charge is 2.08. The molecule has 0 bridgehead atoms. The molecule has 0 saturated heterocycles. The lowest BCUT2D eigenvalue weighted by Gasteiger charge is -2.11. The molecule has 9 nitrogen and oxygen atoms in total. The van der Waals surface area contributed by atoms with Gasteiger partial charge in [-0.15, -0.1) is 10.2 Å². The number of aryl methyl sites for hydroxylation is 2. The van der Waals surface area contributed by atoms with E-state index in [1.807, 2.05) is 24.3 Å². The summed E-state index contributed by atoms with van der Waals surface area (Å²) in [5.41, 5.74) is 2.16. The summed E-state index contributed by atoms with van der Waals surface area (Å²) in [4.78, 5) is 0. The lowest BCUT2D eigenvalue weighted by molar-refractivity contribution is 0.286. The Bertz CT molecular complexity index is 1230. The Kier molecular flexibility index (Phi) is 23.0. The van der Waals surface area contributed by atoms with Crippen LogP contribution in [0.4, 0.5) is 0 Å². The van der Waals surface area contributed by atoms with Crippen LogP contribution in [0.15, 0.2) is 79.1 Å². The van der Waals surface area contributed by atoms with Gasteiger partial charge in [-0.1, -0.05) is 103 Å². The molecule has 1 heterocycles. The molecule has 0 aliphatic carbocycles. The SMILES string of the molecule is CCCCCCOc1c(O)cccc1CC.CCCCCCOc1c(O)cccc1CC.COc1ccccc1O.c1cnnnc1. The summed E-state index contributed by atoms with van der Waals surface area (Å²) in [5.74, 6) is 2.55. The Hall–Kier alpha value is -4.53. The molecule has 0 radical (unpaired) electrons. The van der Waals surface area contributed by atoms with Crippen LogP contribution >= 0.6 is 0 Å². The Morgan fingerprint density at radius 1 is 0.532 bits per heavy atom. The van der Waals surface area contributed by atoms with Gasteiger partial charge in [-0.25, -0.2) is 0 Å². The maximum atomic E-state index is 9.70. The van der Waals surface area contributed by atoms with Crippen LogP contribution in [0.5, 0.6) is 34.5 Å². The molecule has 9 heteroatoms. The molecule has 0 aliphatic heterocycles. The average Bonchev–Trinajstić information content (AvgIpc) is 3.11. The molecule has 0 fully saturated rings. The van der Waals surface area contributed by atoms with Crippen molar-refractivity contribution in [2.75, 3.05) is 20.3 Å². The van der Waals surface area contributed by atoms with Gasteiger partial charge in [-0.05, 0) is 72.4 Å². The number of methoxy groups -OCH3 is 1. The fourth-order valence-corrected chi connectivity index (χ4v) is 4.27. The van der Waals surface area contributed by atoms with Crippen LogP contribution in [0.2, 0.25) is 0 Å². The number of aromatic nitrogens is 3. The maximum absolute atomic E-state index is 9.70. The third kappa shape index (κ3) is 17.7. The van der Waals surface area contributed by atoms with E-state index in [9.17, 15) is 10.2 Å². The van der Waals surface area contributed by atoms with Crippen molar-refractivity contribution in [2.45, 2.75) is 91.9 Å². The number of ether oxygens (including phenoxy) is 3. The molecule has 0 saturated carbocycles. The highest BCUT2D eigenvalue weighted by molar-refractivity contribution is 5.46. The number of aromatic hydroxyl groups is 3. The van der Waals surface area contributed by atoms with Crippen LogP contribution in [-0.2, 0) is 12.8 Å². The minimum atomic E-state index is 0.181. The maximum Gasteiger partial charge on any atom is 0.164 e. The summed E-state index contributed by atoms with van der Waals surface area (Å²) in [5, 5.41) is 38.5. The monoisotopic (exact) mass is 649 g/mol. The Morgan fingerprint density at radius 3 is 1.34 bits per heavy atom. The fourth-order valence-electron chi connectivity index (χ4n) is 4.27. The lowest BCUT2D eigenvalue weighted by atomic mass is 10.1. The van der Waals surface area contributed by atoms with Gasteiger partial charge >= 0.3 is 0 Å². The zero-order chi connectivity index (χ0) is 34.5. The summed E-state index contributed by atoms with van der Waals surface area (Å²) in [6.45, 7) is 9.92. The summed E-state index contributed by atoms with van der Waals surface area (Å²) >= 11 is 0. The van der Waals surface area contributed by atoms with Crippen LogP contribution in [0.1, 0.15) is 90.2 Å². The largest absolute Gasteiger partial charge is 0.504 e. The van der Waals surface area contributed by atoms with Crippen LogP contribution in [0.3, 0.4) is 0 Å². The quantitative estimate of drug-likeness (QED) is 0.108. The van der Waals surface area contributed by atoms with E-state index in [2.05, 4.69) is 43.1 Å². The minimum absolute atomic E-state index is 0.181. The molecule has 3 N–H and O–H groups in total. The summed E-state index contributed by atoms with van der Waals surface area (Å²) in [6.07, 6.45) is 14.4. The smallest absolute Gasteiger partial charge is 0.164 e. The first-order valence-corrected chi connectivity index (χ1v) is 16.7. The normalized spacial score (nSPS) is 9.81. The standard InChI is InChI=1S/2C14H22O2.C7H8O2.C3H3N3/c2*1-3-5-6-7-11-16-14-12(4-2)9-8-10-13(14)15;1-9-7-5-3-2-4-6(7)8;1-2-4-6-5-3-1/h2*8-10,15H,3-7,11H2,1-2H3;2-5,8H,1H3;1-3H. The van der Waals surface area contributed by atoms with Gasteiger partial charge in [-0.3, -0.25) is 0 Å². The number of nitrogens with zero attached hydrogens (tertiary/aromatic N) is 3. The van der Waals surface area contributed by atoms with Gasteiger partial charge in [0.25, 0.3) is 0 Å². The van der Waals surface area contributed by atoms with Crippen molar-refractivity contribution in [3.63, 3.8) is 0 Å². The molecule has 4 aromatic rings. The van der Waals surface area contributed by atoms with Crippen molar-refractivity contribution in [1.82, 2.24) is 15.4 Å². The zero-order valence-corrected chi connectivity index (χ0v) is 28.9. The highest BCUT2D eigenvalue weighted by Crippen LogP contribution is 2.31. The van der Waals surface area contributed by atoms with Crippen LogP contribution < -0.4 is 14.2 Å². The van der Waals surface area contributed by atoms with Gasteiger partial charge in [0, 0.05) is 0 Å². The van der Waals surface area contributed by atoms with Crippen molar-refractivity contribution in [3.8, 4) is 34.5 Å². The molecule has 3 aromatic carbocycles. The van der Waals surface area contributed by atoms with Gasteiger partial charge in [0.15, 0.2) is 34.5 Å². The molecular weight excluding hydrogens is 594 g/mol. The molecule has 4 rings (SSSR count). The first kappa shape index (κ1) is 40.5. The van der Waals surface area contributed by atoms with Crippen LogP contribution in [0, 0.1) is 0 Å². The van der Waals surface area contributed by atoms with E-state index < -0.39 is 0 Å². The number of unbranched alkanes of at least 4 members (excludes halogenated alkanes) is 6. The minimum Gasteiger partial charge on any atom is -0.504 e. The van der Waals surface area contributed by atoms with E-state index in [1.165, 1.54) is 45.6 Å². The first-order chi connectivity index (χ1) is 22.9. The predicted molar refractivity (Wildman–Crippen MR) is 189 cm³/mol. The van der Waals surface area contributed by atoms with Crippen molar-refractivity contribution in [2.24, 2.45) is 0 Å². The van der Waals surface area contributed by atoms with Crippen molar-refractivity contribution >= 4 is 0 Å². The van der Waals surface area contributed by atoms with E-state index >= 15 is 0 Å². The Labute approximate surface area is 281 Å². The molecule has 0 aliphatic rings. The van der Waals surface area contributed by atoms with Crippen molar-refractivity contribution < 1.29 is 29.5 Å². The fraction of sp³-hybridized carbons (Fsp3) is 0.447. The number of phenols is 3. The number of rotatable bonds is 15. The highest BCUT2D eigenvalue weighted by atomic mass is 16.5. The Morgan fingerprint density at radius 2 is 1.00 bits per heavy atom. The van der Waals surface area contributed by atoms with Gasteiger partial charge in [-0.2, -0.15) is 0 Å². The van der Waals surface area contributed by atoms with E-state index in [0.717, 1.165) is 36.8 Å². The van der Waals surface area contributed by atoms with Crippen LogP contribution in [0.25, 0.3) is 0 Å². The molecular formula is C38H55N3O6. The van der Waals surface area contributed by atoms with Gasteiger partial charge in [0.1, 0.15) is 0 Å². The molecule has 47 heavy (non-hydrogen) atoms. The third-order valence-corrected chi connectivity index (χ3v) is 6.90. The van der Waals surface area contributed by atoms with E-state index in [-0.39, 0.29) is 17.2 Å². The molecule has 0 unspecified atom stereocenters. The summed E-state index contributed by atoms with van der Waals surface area (Å²) in [6, 6.07) is 19.6. The summed E-state index contributed by atoms with van der Waals surface area (Å²) in [7, 11) is 1.52. The van der Waals surface area contributed by atoms with Crippen molar-refractivity contribution in [3.05, 3.63) is 90.3 Å². The first-order valence-electron chi connectivity index (χ1n) is 16.7. The third-order valence-electron chi connectivity index (χ3n) is 6.90. The number of hydrogen-bond acceptors (Lipinski definition) is 9. The van der Waals surface area contributed by atoms with Crippen molar-refractivity contribution in [1.29, 1.82) is 0 Å². The summed E-state index contributed by atoms with van der Waals surface area (Å²) < 4.78 is 16.1. The molecule has 0 spiro atoms. The van der Waals surface area contributed by atoms with E-state index in [0.29, 0.717) is 30.5 Å². The van der Waals surface area contributed by atoms with Gasteiger partial charge in [0.05, 0.1) is 32.7 Å². The lowest BCUT2D eigenvalue weighted by Crippen LogP contribution is -2.00. The second-order valence-electron chi connectivity index (χ2n) is 10.5. The number of phenolic OH excluding ortho intramolecular Hbond substituents is 3. The van der Waals surface area contributed by atoms with E-state index in [1.54, 1.807) is 54.9 Å². The van der Waals surface area contributed by atoms with Gasteiger partial charge < -0.3 is 29.5 Å². The molecule has 0 atom stereocenters. The average molecular weight is 650 g/mol. The van der Waals surface area contributed by atoms with Crippen LogP contribution in [-0.4, -0.2) is 51.1 Å². The Balaban J connectivity index is 0.000000333.